The Labute approximate surface area is 264 Å². The number of rotatable bonds is 12. The molecule has 14 heteroatoms. The summed E-state index contributed by atoms with van der Waals surface area (Å²) in [6.45, 7) is 4.62. The summed E-state index contributed by atoms with van der Waals surface area (Å²) < 4.78 is 11.7. The van der Waals surface area contributed by atoms with Crippen molar-refractivity contribution in [3.05, 3.63) is 96.4 Å². The second-order valence-electron chi connectivity index (χ2n) is 11.3. The Balaban J connectivity index is 1.39. The number of imidazole rings is 1. The molecule has 0 saturated carbocycles. The van der Waals surface area contributed by atoms with E-state index in [0.29, 0.717) is 11.1 Å². The number of aromatic nitrogens is 3. The van der Waals surface area contributed by atoms with Crippen molar-refractivity contribution in [1.82, 2.24) is 30.5 Å². The maximum Gasteiger partial charge on any atom is 0.419 e. The zero-order valence-corrected chi connectivity index (χ0v) is 25.4. The highest BCUT2D eigenvalue weighted by atomic mass is 16.6. The molecule has 3 amide bonds. The van der Waals surface area contributed by atoms with Crippen molar-refractivity contribution in [2.75, 3.05) is 6.54 Å². The van der Waals surface area contributed by atoms with Crippen molar-refractivity contribution in [2.45, 2.75) is 51.3 Å². The van der Waals surface area contributed by atoms with E-state index in [4.69, 9.17) is 9.15 Å². The molecule has 0 bridgehead atoms. The molecular formula is C32H34N6O8. The van der Waals surface area contributed by atoms with Crippen molar-refractivity contribution in [1.29, 1.82) is 0 Å². The van der Waals surface area contributed by atoms with Gasteiger partial charge in [0, 0.05) is 24.6 Å². The number of carboxylic acid groups (broad SMARTS) is 1. The maximum absolute atomic E-state index is 13.4. The van der Waals surface area contributed by atoms with E-state index in [9.17, 15) is 29.1 Å². The van der Waals surface area contributed by atoms with E-state index >= 15 is 0 Å². The normalized spacial score (nSPS) is 12.4. The molecule has 4 rings (SSSR count). The zero-order chi connectivity index (χ0) is 33.3. The summed E-state index contributed by atoms with van der Waals surface area (Å²) in [6, 6.07) is 15.1. The summed E-state index contributed by atoms with van der Waals surface area (Å²) >= 11 is 0. The van der Waals surface area contributed by atoms with Crippen LogP contribution in [-0.4, -0.2) is 73.7 Å². The van der Waals surface area contributed by atoms with E-state index in [1.165, 1.54) is 18.8 Å². The number of carboxylic acids is 1. The first kappa shape index (κ1) is 33.1. The lowest BCUT2D eigenvalue weighted by Crippen LogP contribution is -2.54. The van der Waals surface area contributed by atoms with Gasteiger partial charge in [-0.15, -0.1) is 0 Å². The van der Waals surface area contributed by atoms with Gasteiger partial charge in [-0.3, -0.25) is 14.4 Å². The van der Waals surface area contributed by atoms with Crippen LogP contribution in [0.4, 0.5) is 4.79 Å². The lowest BCUT2D eigenvalue weighted by Gasteiger charge is -2.21. The van der Waals surface area contributed by atoms with Crippen LogP contribution in [0.15, 0.2) is 83.9 Å². The van der Waals surface area contributed by atoms with Crippen LogP contribution in [0.1, 0.15) is 42.5 Å². The Bertz CT molecular complexity index is 1680. The molecule has 240 valence electrons. The average molecular weight is 631 g/mol. The van der Waals surface area contributed by atoms with Gasteiger partial charge in [-0.25, -0.2) is 24.1 Å². The second kappa shape index (κ2) is 14.8. The monoisotopic (exact) mass is 630 g/mol. The molecule has 2 aromatic heterocycles. The third-order valence-electron chi connectivity index (χ3n) is 6.37. The molecule has 0 saturated heterocycles. The van der Waals surface area contributed by atoms with E-state index in [2.05, 4.69) is 25.9 Å². The number of hydrogen-bond acceptors (Lipinski definition) is 9. The molecule has 2 heterocycles. The number of ether oxygens (including phenoxy) is 1. The number of hydrogen-bond donors (Lipinski definition) is 4. The fraction of sp³-hybridized carbons (Fsp3) is 0.281. The topological polar surface area (TPSA) is 195 Å². The lowest BCUT2D eigenvalue weighted by atomic mass is 10.0. The van der Waals surface area contributed by atoms with Crippen molar-refractivity contribution < 1.29 is 38.2 Å². The number of carbonyl (C=O) groups is 5. The van der Waals surface area contributed by atoms with Crippen molar-refractivity contribution in [2.24, 2.45) is 0 Å². The van der Waals surface area contributed by atoms with Crippen LogP contribution in [0.5, 0.6) is 0 Å². The van der Waals surface area contributed by atoms with Crippen LogP contribution >= 0.6 is 0 Å². The molecule has 14 nitrogen and oxygen atoms in total. The number of amides is 3. The van der Waals surface area contributed by atoms with Gasteiger partial charge in [0.05, 0.1) is 12.2 Å². The Morgan fingerprint density at radius 1 is 0.935 bits per heavy atom. The molecule has 0 radical (unpaired) electrons. The highest BCUT2D eigenvalue weighted by molar-refractivity contribution is 5.96. The Hall–Kier alpha value is -5.79. The molecule has 4 aromatic rings. The SMILES string of the molecule is CC(C)(C)OC(=O)n1cnc(C[C@H](NC(=O)[C@H](Cc2ccccc2)NC(=O)CNC(=O)c2coc(-c3ccccc3)n2)C(=O)O)c1. The van der Waals surface area contributed by atoms with Crippen molar-refractivity contribution in [3.63, 3.8) is 0 Å². The van der Waals surface area contributed by atoms with Crippen LogP contribution < -0.4 is 16.0 Å². The minimum absolute atomic E-state index is 0.0374. The van der Waals surface area contributed by atoms with Crippen LogP contribution in [0.3, 0.4) is 0 Å². The first-order chi connectivity index (χ1) is 21.9. The number of benzene rings is 2. The van der Waals surface area contributed by atoms with E-state index < -0.39 is 54.0 Å². The van der Waals surface area contributed by atoms with Gasteiger partial charge in [0.1, 0.15) is 30.3 Å². The lowest BCUT2D eigenvalue weighted by molar-refractivity contribution is -0.142. The fourth-order valence-corrected chi connectivity index (χ4v) is 4.21. The first-order valence-electron chi connectivity index (χ1n) is 14.3. The van der Waals surface area contributed by atoms with Gasteiger partial charge in [-0.1, -0.05) is 48.5 Å². The van der Waals surface area contributed by atoms with Crippen LogP contribution in [0, 0.1) is 0 Å². The highest BCUT2D eigenvalue weighted by Crippen LogP contribution is 2.18. The van der Waals surface area contributed by atoms with E-state index in [1.807, 2.05) is 6.07 Å². The quantitative estimate of drug-likeness (QED) is 0.181. The smallest absolute Gasteiger partial charge is 0.419 e. The molecule has 0 aliphatic rings. The largest absolute Gasteiger partial charge is 0.480 e. The number of carbonyl (C=O) groups excluding carboxylic acids is 4. The summed E-state index contributed by atoms with van der Waals surface area (Å²) in [5.74, 6) is -3.24. The summed E-state index contributed by atoms with van der Waals surface area (Å²) in [5, 5.41) is 17.3. The summed E-state index contributed by atoms with van der Waals surface area (Å²) in [7, 11) is 0. The molecule has 0 aliphatic heterocycles. The molecule has 2 aromatic carbocycles. The van der Waals surface area contributed by atoms with Crippen LogP contribution in [0.25, 0.3) is 11.5 Å². The number of nitrogens with one attached hydrogen (secondary N) is 3. The van der Waals surface area contributed by atoms with Gasteiger partial charge >= 0.3 is 12.1 Å². The van der Waals surface area contributed by atoms with Gasteiger partial charge in [-0.05, 0) is 38.5 Å². The van der Waals surface area contributed by atoms with Gasteiger partial charge < -0.3 is 30.2 Å². The predicted molar refractivity (Wildman–Crippen MR) is 163 cm³/mol. The van der Waals surface area contributed by atoms with Crippen molar-refractivity contribution in [3.8, 4) is 11.5 Å². The molecule has 0 fully saturated rings. The molecule has 0 spiro atoms. The first-order valence-corrected chi connectivity index (χ1v) is 14.3. The standard InChI is InChI=1S/C32H34N6O8/c1-32(2,3)46-31(44)38-17-22(34-19-38)15-24(30(42)43)36-28(41)23(14-20-10-6-4-7-11-20)35-26(39)16-33-27(40)25-18-45-29(37-25)21-12-8-5-9-13-21/h4-13,17-19,23-24H,14-16H2,1-3H3,(H,33,40)(H,35,39)(H,36,41)(H,42,43)/t23-,24-/m0/s1. The number of nitrogens with zero attached hydrogens (tertiary/aromatic N) is 3. The van der Waals surface area contributed by atoms with Crippen molar-refractivity contribution >= 4 is 29.8 Å². The Kier molecular flexibility index (Phi) is 10.6. The van der Waals surface area contributed by atoms with E-state index in [1.54, 1.807) is 75.4 Å². The molecular weight excluding hydrogens is 596 g/mol. The molecule has 46 heavy (non-hydrogen) atoms. The van der Waals surface area contributed by atoms with Gasteiger partial charge in [0.15, 0.2) is 5.69 Å². The number of oxazole rings is 1. The van der Waals surface area contributed by atoms with Crippen LogP contribution in [-0.2, 0) is 32.0 Å². The second-order valence-corrected chi connectivity index (χ2v) is 11.3. The molecule has 0 aliphatic carbocycles. The predicted octanol–water partition coefficient (Wildman–Crippen LogP) is 2.59. The highest BCUT2D eigenvalue weighted by Gasteiger charge is 2.28. The van der Waals surface area contributed by atoms with Gasteiger partial charge in [0.2, 0.25) is 17.7 Å². The van der Waals surface area contributed by atoms with Crippen LogP contribution in [0.2, 0.25) is 0 Å². The summed E-state index contributed by atoms with van der Waals surface area (Å²) in [5.41, 5.74) is 0.801. The minimum atomic E-state index is -1.43. The Morgan fingerprint density at radius 2 is 1.61 bits per heavy atom. The Morgan fingerprint density at radius 3 is 2.26 bits per heavy atom. The van der Waals surface area contributed by atoms with E-state index in [-0.39, 0.29) is 30.1 Å². The molecule has 2 atom stereocenters. The third-order valence-corrected chi connectivity index (χ3v) is 6.37. The molecule has 0 unspecified atom stereocenters. The third kappa shape index (κ3) is 9.61. The zero-order valence-electron chi connectivity index (χ0n) is 25.4. The number of aliphatic carboxylic acids is 1. The molecule has 4 N–H and O–H groups in total. The van der Waals surface area contributed by atoms with E-state index in [0.717, 1.165) is 4.57 Å². The van der Waals surface area contributed by atoms with Gasteiger partial charge in [0.25, 0.3) is 5.91 Å². The fourth-order valence-electron chi connectivity index (χ4n) is 4.21. The minimum Gasteiger partial charge on any atom is -0.480 e. The summed E-state index contributed by atoms with van der Waals surface area (Å²) in [4.78, 5) is 71.5. The maximum atomic E-state index is 13.4. The average Bonchev–Trinajstić information content (AvgIpc) is 3.70. The summed E-state index contributed by atoms with van der Waals surface area (Å²) in [6.07, 6.45) is 2.78. The van der Waals surface area contributed by atoms with Gasteiger partial charge in [-0.2, -0.15) is 0 Å².